The molecule has 1 saturated carbocycles. The Kier molecular flexibility index (Phi) is 5.91. The van der Waals surface area contributed by atoms with E-state index in [0.29, 0.717) is 11.4 Å². The van der Waals surface area contributed by atoms with Gasteiger partial charge in [0.15, 0.2) is 0 Å². The summed E-state index contributed by atoms with van der Waals surface area (Å²) in [7, 11) is 0. The first kappa shape index (κ1) is 15.8. The number of carbonyl (C=O) groups excluding carboxylic acids is 1. The minimum atomic E-state index is 0.0798. The molecule has 1 aliphatic rings. The third kappa shape index (κ3) is 4.49. The van der Waals surface area contributed by atoms with Crippen LogP contribution in [0.25, 0.3) is 0 Å². The Balaban J connectivity index is 1.86. The number of halogens is 2. The van der Waals surface area contributed by atoms with Gasteiger partial charge in [-0.15, -0.1) is 0 Å². The smallest absolute Gasteiger partial charge is 0.224 e. The maximum absolute atomic E-state index is 12.0. The number of aryl methyl sites for hydroxylation is 1. The van der Waals surface area contributed by atoms with E-state index in [1.54, 1.807) is 6.07 Å². The van der Waals surface area contributed by atoms with Gasteiger partial charge in [0.25, 0.3) is 0 Å². The van der Waals surface area contributed by atoms with Crippen molar-refractivity contribution in [1.82, 2.24) is 0 Å². The number of benzene rings is 1. The maximum atomic E-state index is 12.0. The summed E-state index contributed by atoms with van der Waals surface area (Å²) in [4.78, 5) is 12.0. The highest BCUT2D eigenvalue weighted by molar-refractivity contribution is 9.10. The van der Waals surface area contributed by atoms with E-state index in [1.807, 2.05) is 13.0 Å². The number of nitrogens with one attached hydrogen (secondary N) is 1. The van der Waals surface area contributed by atoms with E-state index >= 15 is 0 Å². The van der Waals surface area contributed by atoms with Gasteiger partial charge in [0, 0.05) is 15.9 Å². The fourth-order valence-electron chi connectivity index (χ4n) is 2.77. The topological polar surface area (TPSA) is 29.1 Å². The molecule has 0 heterocycles. The highest BCUT2D eigenvalue weighted by atomic mass is 79.9. The van der Waals surface area contributed by atoms with Crippen LogP contribution in [0, 0.1) is 12.8 Å². The fourth-order valence-corrected chi connectivity index (χ4v) is 3.49. The standard InChI is InChI=1S/C16H21BrClNO/c1-11-9-13(17)15(10-14(11)18)19-16(20)8-7-12-5-3-2-4-6-12/h9-10,12H,2-8H2,1H3,(H,19,20). The van der Waals surface area contributed by atoms with Crippen LogP contribution in [0.4, 0.5) is 5.69 Å². The summed E-state index contributed by atoms with van der Waals surface area (Å²) in [6.07, 6.45) is 8.18. The third-order valence-electron chi connectivity index (χ3n) is 4.03. The molecule has 1 aromatic carbocycles. The minimum absolute atomic E-state index is 0.0798. The lowest BCUT2D eigenvalue weighted by Crippen LogP contribution is -2.15. The Morgan fingerprint density at radius 3 is 2.75 bits per heavy atom. The second-order valence-electron chi connectivity index (χ2n) is 5.67. The van der Waals surface area contributed by atoms with E-state index in [1.165, 1.54) is 32.1 Å². The van der Waals surface area contributed by atoms with Gasteiger partial charge in [-0.1, -0.05) is 43.7 Å². The molecule has 1 fully saturated rings. The summed E-state index contributed by atoms with van der Waals surface area (Å²) in [5.74, 6) is 0.815. The van der Waals surface area contributed by atoms with E-state index in [2.05, 4.69) is 21.2 Å². The Bertz CT molecular complexity index is 484. The third-order valence-corrected chi connectivity index (χ3v) is 5.09. The maximum Gasteiger partial charge on any atom is 0.224 e. The molecule has 2 rings (SSSR count). The Labute approximate surface area is 134 Å². The van der Waals surface area contributed by atoms with Crippen molar-refractivity contribution in [1.29, 1.82) is 0 Å². The predicted molar refractivity (Wildman–Crippen MR) is 88.3 cm³/mol. The average Bonchev–Trinajstić information content (AvgIpc) is 2.44. The number of hydrogen-bond donors (Lipinski definition) is 1. The zero-order valence-electron chi connectivity index (χ0n) is 11.8. The van der Waals surface area contributed by atoms with Gasteiger partial charge < -0.3 is 5.32 Å². The van der Waals surface area contributed by atoms with E-state index in [0.717, 1.165) is 28.1 Å². The van der Waals surface area contributed by atoms with E-state index in [4.69, 9.17) is 11.6 Å². The van der Waals surface area contributed by atoms with E-state index in [-0.39, 0.29) is 5.91 Å². The minimum Gasteiger partial charge on any atom is -0.325 e. The number of rotatable bonds is 4. The van der Waals surface area contributed by atoms with Crippen LogP contribution in [0.15, 0.2) is 16.6 Å². The van der Waals surface area contributed by atoms with Crippen molar-refractivity contribution < 1.29 is 4.79 Å². The molecule has 1 N–H and O–H groups in total. The molecule has 0 unspecified atom stereocenters. The predicted octanol–water partition coefficient (Wildman–Crippen LogP) is 5.71. The Hall–Kier alpha value is -0.540. The van der Waals surface area contributed by atoms with Crippen molar-refractivity contribution >= 4 is 39.1 Å². The van der Waals surface area contributed by atoms with Gasteiger partial charge in [0.2, 0.25) is 5.91 Å². The first-order chi connectivity index (χ1) is 9.56. The molecule has 1 aliphatic carbocycles. The lowest BCUT2D eigenvalue weighted by Gasteiger charge is -2.21. The van der Waals surface area contributed by atoms with Crippen LogP contribution in [-0.2, 0) is 4.79 Å². The molecule has 0 spiro atoms. The average molecular weight is 359 g/mol. The van der Waals surface area contributed by atoms with Gasteiger partial charge in [-0.3, -0.25) is 4.79 Å². The molecular formula is C16H21BrClNO. The summed E-state index contributed by atoms with van der Waals surface area (Å²) in [6.45, 7) is 1.95. The zero-order chi connectivity index (χ0) is 14.5. The molecule has 0 saturated heterocycles. The Morgan fingerprint density at radius 1 is 1.35 bits per heavy atom. The van der Waals surface area contributed by atoms with Crippen molar-refractivity contribution in [2.75, 3.05) is 5.32 Å². The molecule has 2 nitrogen and oxygen atoms in total. The SMILES string of the molecule is Cc1cc(Br)c(NC(=O)CCC2CCCCC2)cc1Cl. The molecule has 1 amide bonds. The zero-order valence-corrected chi connectivity index (χ0v) is 14.2. The summed E-state index contributed by atoms with van der Waals surface area (Å²) >= 11 is 9.56. The molecule has 0 aliphatic heterocycles. The van der Waals surface area contributed by atoms with Gasteiger partial charge in [0.05, 0.1) is 5.69 Å². The molecule has 4 heteroatoms. The van der Waals surface area contributed by atoms with Crippen LogP contribution in [0.1, 0.15) is 50.5 Å². The number of hydrogen-bond acceptors (Lipinski definition) is 1. The van der Waals surface area contributed by atoms with Gasteiger partial charge in [0.1, 0.15) is 0 Å². The van der Waals surface area contributed by atoms with Crippen molar-refractivity contribution in [3.63, 3.8) is 0 Å². The van der Waals surface area contributed by atoms with Gasteiger partial charge in [-0.2, -0.15) is 0 Å². The normalized spacial score (nSPS) is 16.1. The van der Waals surface area contributed by atoms with Crippen molar-refractivity contribution in [3.05, 3.63) is 27.2 Å². The molecule has 0 radical (unpaired) electrons. The van der Waals surface area contributed by atoms with E-state index in [9.17, 15) is 4.79 Å². The summed E-state index contributed by atoms with van der Waals surface area (Å²) in [5, 5.41) is 3.62. The van der Waals surface area contributed by atoms with Crippen LogP contribution in [-0.4, -0.2) is 5.91 Å². The monoisotopic (exact) mass is 357 g/mol. The molecule has 1 aromatic rings. The van der Waals surface area contributed by atoms with Gasteiger partial charge in [-0.05, 0) is 52.9 Å². The first-order valence-corrected chi connectivity index (χ1v) is 8.49. The summed E-state index contributed by atoms with van der Waals surface area (Å²) in [6, 6.07) is 3.73. The number of carbonyl (C=O) groups is 1. The van der Waals surface area contributed by atoms with E-state index < -0.39 is 0 Å². The van der Waals surface area contributed by atoms with Crippen molar-refractivity contribution in [2.45, 2.75) is 51.9 Å². The van der Waals surface area contributed by atoms with Crippen molar-refractivity contribution in [3.8, 4) is 0 Å². The lowest BCUT2D eigenvalue weighted by atomic mass is 9.86. The number of anilines is 1. The molecule has 0 aromatic heterocycles. The van der Waals surface area contributed by atoms with Crippen LogP contribution in [0.5, 0.6) is 0 Å². The highest BCUT2D eigenvalue weighted by Gasteiger charge is 2.15. The second-order valence-corrected chi connectivity index (χ2v) is 6.93. The lowest BCUT2D eigenvalue weighted by molar-refractivity contribution is -0.116. The first-order valence-electron chi connectivity index (χ1n) is 7.32. The van der Waals surface area contributed by atoms with Crippen LogP contribution >= 0.6 is 27.5 Å². The summed E-state index contributed by atoms with van der Waals surface area (Å²) < 4.78 is 0.880. The second kappa shape index (κ2) is 7.46. The van der Waals surface area contributed by atoms with Crippen LogP contribution < -0.4 is 5.32 Å². The quantitative estimate of drug-likeness (QED) is 0.733. The largest absolute Gasteiger partial charge is 0.325 e. The molecular weight excluding hydrogens is 338 g/mol. The highest BCUT2D eigenvalue weighted by Crippen LogP contribution is 2.30. The van der Waals surface area contributed by atoms with Crippen LogP contribution in [0.3, 0.4) is 0 Å². The van der Waals surface area contributed by atoms with Gasteiger partial charge in [-0.25, -0.2) is 0 Å². The van der Waals surface area contributed by atoms with Gasteiger partial charge >= 0.3 is 0 Å². The molecule has 110 valence electrons. The fraction of sp³-hybridized carbons (Fsp3) is 0.562. The van der Waals surface area contributed by atoms with Crippen molar-refractivity contribution in [2.24, 2.45) is 5.92 Å². The molecule has 20 heavy (non-hydrogen) atoms. The van der Waals surface area contributed by atoms with Crippen LogP contribution in [0.2, 0.25) is 5.02 Å². The Morgan fingerprint density at radius 2 is 2.05 bits per heavy atom. The summed E-state index contributed by atoms with van der Waals surface area (Å²) in [5.41, 5.74) is 1.76. The molecule has 0 bridgehead atoms. The molecule has 0 atom stereocenters. The number of amides is 1.